The van der Waals surface area contributed by atoms with Crippen molar-refractivity contribution < 1.29 is 14.6 Å². The molecule has 0 fully saturated rings. The van der Waals surface area contributed by atoms with Crippen molar-refractivity contribution in [3.8, 4) is 0 Å². The monoisotopic (exact) mass is 703 g/mol. The van der Waals surface area contributed by atoms with Crippen LogP contribution < -0.4 is 0 Å². The highest BCUT2D eigenvalue weighted by Crippen LogP contribution is 2.16. The van der Waals surface area contributed by atoms with E-state index in [4.69, 9.17) is 9.84 Å². The van der Waals surface area contributed by atoms with Crippen LogP contribution in [0, 0.1) is 0 Å². The summed E-state index contributed by atoms with van der Waals surface area (Å²) in [4.78, 5) is 12.0. The van der Waals surface area contributed by atoms with Gasteiger partial charge < -0.3 is 9.84 Å². The lowest BCUT2D eigenvalue weighted by atomic mass is 10.0. The van der Waals surface area contributed by atoms with Crippen LogP contribution in [0.4, 0.5) is 0 Å². The fraction of sp³-hybridized carbons (Fsp3) is 0.894. The lowest BCUT2D eigenvalue weighted by Crippen LogP contribution is -2.05. The summed E-state index contributed by atoms with van der Waals surface area (Å²) in [5.74, 6) is 0.0106. The van der Waals surface area contributed by atoms with Crippen molar-refractivity contribution in [3.63, 3.8) is 0 Å². The molecule has 3 heteroatoms. The highest BCUT2D eigenvalue weighted by atomic mass is 16.5. The van der Waals surface area contributed by atoms with Gasteiger partial charge in [-0.15, -0.1) is 0 Å². The topological polar surface area (TPSA) is 46.5 Å². The predicted octanol–water partition coefficient (Wildman–Crippen LogP) is 15.9. The fourth-order valence-electron chi connectivity index (χ4n) is 6.97. The second-order valence-corrected chi connectivity index (χ2v) is 15.5. The minimum atomic E-state index is 0.0106. The highest BCUT2D eigenvalue weighted by Gasteiger charge is 2.03. The number of hydrogen-bond acceptors (Lipinski definition) is 3. The van der Waals surface area contributed by atoms with E-state index in [0.29, 0.717) is 19.6 Å². The van der Waals surface area contributed by atoms with Crippen molar-refractivity contribution in [1.29, 1.82) is 0 Å². The Morgan fingerprint density at radius 1 is 0.400 bits per heavy atom. The summed E-state index contributed by atoms with van der Waals surface area (Å²) in [6.07, 6.45) is 60.2. The van der Waals surface area contributed by atoms with Crippen LogP contribution in [0.25, 0.3) is 0 Å². The first kappa shape index (κ1) is 48.9. The van der Waals surface area contributed by atoms with Crippen LogP contribution in [0.2, 0.25) is 0 Å². The molecule has 1 N–H and O–H groups in total. The number of hydrogen-bond donors (Lipinski definition) is 1. The zero-order valence-corrected chi connectivity index (χ0v) is 34.1. The number of allylic oxidation sites excluding steroid dienone is 4. The van der Waals surface area contributed by atoms with E-state index >= 15 is 0 Å². The molecule has 0 amide bonds. The second-order valence-electron chi connectivity index (χ2n) is 15.5. The van der Waals surface area contributed by atoms with E-state index < -0.39 is 0 Å². The predicted molar refractivity (Wildman–Crippen MR) is 222 cm³/mol. The van der Waals surface area contributed by atoms with Crippen molar-refractivity contribution in [2.24, 2.45) is 0 Å². The lowest BCUT2D eigenvalue weighted by molar-refractivity contribution is -0.143. The van der Waals surface area contributed by atoms with E-state index in [2.05, 4.69) is 31.2 Å². The molecule has 0 rings (SSSR count). The number of aliphatic hydroxyl groups is 1. The molecule has 0 saturated carbocycles. The van der Waals surface area contributed by atoms with Crippen molar-refractivity contribution in [3.05, 3.63) is 24.3 Å². The van der Waals surface area contributed by atoms with Crippen LogP contribution in [-0.2, 0) is 9.53 Å². The maximum Gasteiger partial charge on any atom is 0.305 e. The third-order valence-corrected chi connectivity index (χ3v) is 10.4. The quantitative estimate of drug-likeness (QED) is 0.0391. The van der Waals surface area contributed by atoms with Gasteiger partial charge in [0, 0.05) is 13.0 Å². The Morgan fingerprint density at radius 2 is 0.720 bits per heavy atom. The molecule has 0 unspecified atom stereocenters. The Bertz CT molecular complexity index is 684. The van der Waals surface area contributed by atoms with Gasteiger partial charge in [-0.1, -0.05) is 224 Å². The first-order valence-corrected chi connectivity index (χ1v) is 22.9. The van der Waals surface area contributed by atoms with Gasteiger partial charge in [0.1, 0.15) is 0 Å². The molecule has 296 valence electrons. The van der Waals surface area contributed by atoms with Gasteiger partial charge in [-0.3, -0.25) is 4.79 Å². The number of carbonyl (C=O) groups is 1. The lowest BCUT2D eigenvalue weighted by Gasteiger charge is -2.06. The normalized spacial score (nSPS) is 11.8. The molecule has 0 aliphatic heterocycles. The third kappa shape index (κ3) is 44.9. The Balaban J connectivity index is 3.17. The Labute approximate surface area is 314 Å². The van der Waals surface area contributed by atoms with E-state index in [0.717, 1.165) is 32.1 Å². The number of rotatable bonds is 43. The van der Waals surface area contributed by atoms with Crippen LogP contribution in [0.1, 0.15) is 257 Å². The smallest absolute Gasteiger partial charge is 0.305 e. The molecule has 0 aromatic rings. The summed E-state index contributed by atoms with van der Waals surface area (Å²) in [5, 5.41) is 8.81. The highest BCUT2D eigenvalue weighted by molar-refractivity contribution is 5.69. The maximum atomic E-state index is 12.0. The number of esters is 1. The van der Waals surface area contributed by atoms with Gasteiger partial charge in [-0.2, -0.15) is 0 Å². The van der Waals surface area contributed by atoms with Crippen molar-refractivity contribution in [2.75, 3.05) is 13.2 Å². The van der Waals surface area contributed by atoms with Crippen LogP contribution in [0.5, 0.6) is 0 Å². The molecule has 3 nitrogen and oxygen atoms in total. The van der Waals surface area contributed by atoms with E-state index in [1.807, 2.05) is 0 Å². The number of unbranched alkanes of at least 4 members (excludes halogenated alkanes) is 34. The molecule has 0 atom stereocenters. The van der Waals surface area contributed by atoms with Gasteiger partial charge in [0.25, 0.3) is 0 Å². The Morgan fingerprint density at radius 3 is 1.10 bits per heavy atom. The fourth-order valence-corrected chi connectivity index (χ4v) is 6.97. The Hall–Kier alpha value is -1.09. The van der Waals surface area contributed by atoms with E-state index in [-0.39, 0.29) is 5.97 Å². The molecule has 50 heavy (non-hydrogen) atoms. The van der Waals surface area contributed by atoms with Crippen LogP contribution in [0.3, 0.4) is 0 Å². The van der Waals surface area contributed by atoms with Crippen molar-refractivity contribution in [2.45, 2.75) is 257 Å². The summed E-state index contributed by atoms with van der Waals surface area (Å²) in [7, 11) is 0. The summed E-state index contributed by atoms with van der Waals surface area (Å²) in [6.45, 7) is 3.24. The van der Waals surface area contributed by atoms with E-state index in [1.165, 1.54) is 212 Å². The second kappa shape index (κ2) is 45.9. The zero-order chi connectivity index (χ0) is 36.1. The summed E-state index contributed by atoms with van der Waals surface area (Å²) in [5.41, 5.74) is 0. The van der Waals surface area contributed by atoms with Gasteiger partial charge >= 0.3 is 5.97 Å². The molecule has 0 saturated heterocycles. The molecule has 0 aliphatic carbocycles. The summed E-state index contributed by atoms with van der Waals surface area (Å²) < 4.78 is 5.46. The molecule has 0 aliphatic rings. The molecule has 0 spiro atoms. The molecule has 0 bridgehead atoms. The molecule has 0 aromatic carbocycles. The van der Waals surface area contributed by atoms with Gasteiger partial charge in [0.2, 0.25) is 0 Å². The van der Waals surface area contributed by atoms with E-state index in [9.17, 15) is 4.79 Å². The molecular weight excluding hydrogens is 613 g/mol. The average molecular weight is 703 g/mol. The van der Waals surface area contributed by atoms with Gasteiger partial charge in [0.15, 0.2) is 0 Å². The molecule has 0 heterocycles. The minimum Gasteiger partial charge on any atom is -0.466 e. The maximum absolute atomic E-state index is 12.0. The number of ether oxygens (including phenoxy) is 1. The minimum absolute atomic E-state index is 0.0106. The number of carbonyl (C=O) groups excluding carboxylic acids is 1. The van der Waals surface area contributed by atoms with Crippen LogP contribution in [-0.4, -0.2) is 24.3 Å². The van der Waals surface area contributed by atoms with Crippen molar-refractivity contribution in [1.82, 2.24) is 0 Å². The van der Waals surface area contributed by atoms with E-state index in [1.54, 1.807) is 0 Å². The van der Waals surface area contributed by atoms with Gasteiger partial charge in [-0.05, 0) is 51.4 Å². The van der Waals surface area contributed by atoms with Gasteiger partial charge in [0.05, 0.1) is 6.61 Å². The Kier molecular flexibility index (Phi) is 44.9. The summed E-state index contributed by atoms with van der Waals surface area (Å²) in [6, 6.07) is 0. The molecule has 0 radical (unpaired) electrons. The third-order valence-electron chi connectivity index (χ3n) is 10.4. The van der Waals surface area contributed by atoms with Gasteiger partial charge in [-0.25, -0.2) is 0 Å². The molecular formula is C47H90O3. The molecule has 0 aromatic heterocycles. The first-order valence-electron chi connectivity index (χ1n) is 22.9. The zero-order valence-electron chi connectivity index (χ0n) is 34.1. The van der Waals surface area contributed by atoms with Crippen LogP contribution >= 0.6 is 0 Å². The standard InChI is InChI=1S/C47H90O3/c1-2-3-4-5-6-7-8-9-23-26-29-32-35-38-41-44-47(49)50-46-43-40-37-34-31-28-25-22-20-18-16-14-12-10-11-13-15-17-19-21-24-27-30-33-36-39-42-45-48/h6-7,9,23,48H,2-5,8,10-22,24-46H2,1H3/b7-6-,23-9-. The van der Waals surface area contributed by atoms with Crippen LogP contribution in [0.15, 0.2) is 24.3 Å². The van der Waals surface area contributed by atoms with Crippen molar-refractivity contribution >= 4 is 5.97 Å². The largest absolute Gasteiger partial charge is 0.466 e. The first-order chi connectivity index (χ1) is 24.8. The average Bonchev–Trinajstić information content (AvgIpc) is 3.12. The number of aliphatic hydroxyl groups excluding tert-OH is 1. The summed E-state index contributed by atoms with van der Waals surface area (Å²) >= 11 is 0. The SMILES string of the molecule is CCCCC/C=C\C/C=C\CCCCCCCC(=O)OCCCCCCCCCCCCCCCCCCCCCCCCCCCCCO.